The molecule has 1 N–H and O–H groups in total. The van der Waals surface area contributed by atoms with Gasteiger partial charge >= 0.3 is 0 Å². The van der Waals surface area contributed by atoms with Crippen LogP contribution in [0.2, 0.25) is 0 Å². The fourth-order valence-corrected chi connectivity index (χ4v) is 3.94. The highest BCUT2D eigenvalue weighted by atomic mass is 15.2. The number of likely N-dealkylation sites (N-methyl/N-ethyl adjacent to an activating group) is 1. The number of piperidine rings is 1. The van der Waals surface area contributed by atoms with E-state index in [4.69, 9.17) is 0 Å². The quantitative estimate of drug-likeness (QED) is 0.824. The van der Waals surface area contributed by atoms with Gasteiger partial charge in [0.2, 0.25) is 0 Å². The summed E-state index contributed by atoms with van der Waals surface area (Å²) < 4.78 is 0. The average molecular weight is 267 g/mol. The van der Waals surface area contributed by atoms with Gasteiger partial charge in [-0.25, -0.2) is 0 Å². The Morgan fingerprint density at radius 3 is 2.53 bits per heavy atom. The molecule has 1 atom stereocenters. The van der Waals surface area contributed by atoms with Crippen LogP contribution in [0.1, 0.15) is 44.9 Å². The molecule has 112 valence electrons. The molecule has 19 heavy (non-hydrogen) atoms. The third kappa shape index (κ3) is 4.17. The third-order valence-corrected chi connectivity index (χ3v) is 5.34. The van der Waals surface area contributed by atoms with Crippen LogP contribution in [0.15, 0.2) is 0 Å². The van der Waals surface area contributed by atoms with Crippen LogP contribution in [0.5, 0.6) is 0 Å². The van der Waals surface area contributed by atoms with Gasteiger partial charge in [0.15, 0.2) is 0 Å². The Kier molecular flexibility index (Phi) is 5.67. The van der Waals surface area contributed by atoms with E-state index in [1.165, 1.54) is 71.1 Å². The molecule has 0 spiro atoms. The first kappa shape index (κ1) is 15.3. The van der Waals surface area contributed by atoms with Crippen molar-refractivity contribution in [3.8, 4) is 0 Å². The van der Waals surface area contributed by atoms with Gasteiger partial charge in [-0.1, -0.05) is 19.3 Å². The van der Waals surface area contributed by atoms with Crippen molar-refractivity contribution in [1.29, 1.82) is 0 Å². The lowest BCUT2D eigenvalue weighted by Gasteiger charge is -2.43. The third-order valence-electron chi connectivity index (χ3n) is 5.34. The number of likely N-dealkylation sites (tertiary alicyclic amines) is 1. The van der Waals surface area contributed by atoms with E-state index in [1.54, 1.807) is 0 Å². The van der Waals surface area contributed by atoms with Gasteiger partial charge in [0, 0.05) is 18.6 Å². The second kappa shape index (κ2) is 7.05. The maximum absolute atomic E-state index is 3.80. The van der Waals surface area contributed by atoms with Crippen molar-refractivity contribution >= 4 is 0 Å². The van der Waals surface area contributed by atoms with E-state index < -0.39 is 0 Å². The lowest BCUT2D eigenvalue weighted by atomic mass is 9.80. The van der Waals surface area contributed by atoms with Crippen molar-refractivity contribution in [2.75, 3.05) is 47.3 Å². The molecule has 1 saturated heterocycles. The number of nitrogens with zero attached hydrogens (tertiary/aromatic N) is 2. The van der Waals surface area contributed by atoms with Gasteiger partial charge in [-0.05, 0) is 65.8 Å². The van der Waals surface area contributed by atoms with Crippen molar-refractivity contribution in [1.82, 2.24) is 15.1 Å². The summed E-state index contributed by atoms with van der Waals surface area (Å²) in [6.07, 6.45) is 9.78. The standard InChI is InChI=1S/C16H33N3/c1-18(2)16(9-5-4-6-10-16)14-17-12-15-8-7-11-19(3)13-15/h15,17H,4-14H2,1-3H3. The van der Waals surface area contributed by atoms with Gasteiger partial charge in [-0.2, -0.15) is 0 Å². The zero-order valence-corrected chi connectivity index (χ0v) is 13.2. The molecule has 1 aliphatic carbocycles. The maximum Gasteiger partial charge on any atom is 0.0327 e. The van der Waals surface area contributed by atoms with Crippen LogP contribution in [0, 0.1) is 5.92 Å². The highest BCUT2D eigenvalue weighted by Crippen LogP contribution is 2.31. The molecule has 0 aromatic heterocycles. The van der Waals surface area contributed by atoms with Gasteiger partial charge in [0.05, 0.1) is 0 Å². The molecule has 2 rings (SSSR count). The Labute approximate surface area is 119 Å². The van der Waals surface area contributed by atoms with Crippen molar-refractivity contribution in [3.05, 3.63) is 0 Å². The zero-order chi connectivity index (χ0) is 13.7. The van der Waals surface area contributed by atoms with Gasteiger partial charge in [0.25, 0.3) is 0 Å². The smallest absolute Gasteiger partial charge is 0.0327 e. The van der Waals surface area contributed by atoms with E-state index in [-0.39, 0.29) is 0 Å². The Morgan fingerprint density at radius 1 is 1.16 bits per heavy atom. The number of hydrogen-bond donors (Lipinski definition) is 1. The molecule has 0 aromatic rings. The minimum atomic E-state index is 0.429. The molecule has 0 bridgehead atoms. The second-order valence-electron chi connectivity index (χ2n) is 7.08. The monoisotopic (exact) mass is 267 g/mol. The summed E-state index contributed by atoms with van der Waals surface area (Å²) in [6, 6.07) is 0. The molecule has 2 aliphatic rings. The van der Waals surface area contributed by atoms with E-state index in [1.807, 2.05) is 0 Å². The van der Waals surface area contributed by atoms with Crippen molar-refractivity contribution < 1.29 is 0 Å². The Hall–Kier alpha value is -0.120. The molecule has 3 nitrogen and oxygen atoms in total. The summed E-state index contributed by atoms with van der Waals surface area (Å²) in [5.74, 6) is 0.863. The van der Waals surface area contributed by atoms with Crippen LogP contribution in [0.4, 0.5) is 0 Å². The summed E-state index contributed by atoms with van der Waals surface area (Å²) >= 11 is 0. The van der Waals surface area contributed by atoms with E-state index >= 15 is 0 Å². The lowest BCUT2D eigenvalue weighted by molar-refractivity contribution is 0.0952. The molecule has 0 radical (unpaired) electrons. The molecule has 1 unspecified atom stereocenters. The van der Waals surface area contributed by atoms with Crippen LogP contribution < -0.4 is 5.32 Å². The first-order valence-corrected chi connectivity index (χ1v) is 8.19. The molecule has 3 heteroatoms. The normalized spacial score (nSPS) is 28.7. The number of nitrogens with one attached hydrogen (secondary N) is 1. The Bertz CT molecular complexity index is 259. The first-order valence-electron chi connectivity index (χ1n) is 8.19. The first-order chi connectivity index (χ1) is 9.12. The summed E-state index contributed by atoms with van der Waals surface area (Å²) in [5.41, 5.74) is 0.429. The fourth-order valence-electron chi connectivity index (χ4n) is 3.94. The van der Waals surface area contributed by atoms with Gasteiger partial charge in [0.1, 0.15) is 0 Å². The van der Waals surface area contributed by atoms with E-state index in [9.17, 15) is 0 Å². The molecule has 1 saturated carbocycles. The van der Waals surface area contributed by atoms with Gasteiger partial charge < -0.3 is 15.1 Å². The van der Waals surface area contributed by atoms with Crippen molar-refractivity contribution in [2.45, 2.75) is 50.5 Å². The number of rotatable bonds is 5. The van der Waals surface area contributed by atoms with Crippen LogP contribution in [0.3, 0.4) is 0 Å². The van der Waals surface area contributed by atoms with Crippen LogP contribution >= 0.6 is 0 Å². The SMILES string of the molecule is CN1CCCC(CNCC2(N(C)C)CCCCC2)C1. The molecular weight excluding hydrogens is 234 g/mol. The van der Waals surface area contributed by atoms with E-state index in [0.717, 1.165) is 5.92 Å². The zero-order valence-electron chi connectivity index (χ0n) is 13.2. The summed E-state index contributed by atoms with van der Waals surface area (Å²) in [4.78, 5) is 4.96. The van der Waals surface area contributed by atoms with Crippen LogP contribution in [0.25, 0.3) is 0 Å². The minimum Gasteiger partial charge on any atom is -0.315 e. The predicted octanol–water partition coefficient (Wildman–Crippen LogP) is 2.18. The van der Waals surface area contributed by atoms with E-state index in [2.05, 4.69) is 36.3 Å². The largest absolute Gasteiger partial charge is 0.315 e. The second-order valence-corrected chi connectivity index (χ2v) is 7.08. The molecule has 0 amide bonds. The fraction of sp³-hybridized carbons (Fsp3) is 1.00. The Balaban J connectivity index is 1.76. The van der Waals surface area contributed by atoms with Gasteiger partial charge in [-0.3, -0.25) is 0 Å². The minimum absolute atomic E-state index is 0.429. The Morgan fingerprint density at radius 2 is 1.89 bits per heavy atom. The van der Waals surface area contributed by atoms with Crippen LogP contribution in [-0.4, -0.2) is 62.7 Å². The molecular formula is C16H33N3. The summed E-state index contributed by atoms with van der Waals surface area (Å²) in [7, 11) is 6.79. The van der Waals surface area contributed by atoms with Crippen molar-refractivity contribution in [3.63, 3.8) is 0 Å². The summed E-state index contributed by atoms with van der Waals surface area (Å²) in [5, 5.41) is 3.80. The lowest BCUT2D eigenvalue weighted by Crippen LogP contribution is -2.53. The maximum atomic E-state index is 3.80. The predicted molar refractivity (Wildman–Crippen MR) is 82.6 cm³/mol. The molecule has 1 aliphatic heterocycles. The summed E-state index contributed by atoms with van der Waals surface area (Å²) in [6.45, 7) is 4.96. The highest BCUT2D eigenvalue weighted by Gasteiger charge is 2.33. The highest BCUT2D eigenvalue weighted by molar-refractivity contribution is 4.93. The molecule has 2 fully saturated rings. The van der Waals surface area contributed by atoms with Crippen molar-refractivity contribution in [2.24, 2.45) is 5.92 Å². The molecule has 1 heterocycles. The molecule has 0 aromatic carbocycles. The van der Waals surface area contributed by atoms with E-state index in [0.29, 0.717) is 5.54 Å². The topological polar surface area (TPSA) is 18.5 Å². The van der Waals surface area contributed by atoms with Crippen LogP contribution in [-0.2, 0) is 0 Å². The average Bonchev–Trinajstić information content (AvgIpc) is 2.40. The number of hydrogen-bond acceptors (Lipinski definition) is 3. The van der Waals surface area contributed by atoms with Gasteiger partial charge in [-0.15, -0.1) is 0 Å².